The van der Waals surface area contributed by atoms with Gasteiger partial charge in [0.05, 0.1) is 11.5 Å². The van der Waals surface area contributed by atoms with Crippen molar-refractivity contribution in [3.8, 4) is 0 Å². The summed E-state index contributed by atoms with van der Waals surface area (Å²) in [5.41, 5.74) is 3.68. The van der Waals surface area contributed by atoms with E-state index in [9.17, 15) is 9.59 Å². The molecule has 1 aromatic heterocycles. The van der Waals surface area contributed by atoms with Gasteiger partial charge in [0, 0.05) is 16.3 Å². The molecule has 1 unspecified atom stereocenters. The van der Waals surface area contributed by atoms with E-state index in [4.69, 9.17) is 4.42 Å². The molecule has 0 aliphatic heterocycles. The minimum atomic E-state index is -0.312. The largest absolute Gasteiger partial charge is 0.459 e. The Balaban J connectivity index is 1.63. The first-order valence-corrected chi connectivity index (χ1v) is 9.80. The van der Waals surface area contributed by atoms with Crippen LogP contribution in [0.25, 0.3) is 0 Å². The second-order valence-corrected chi connectivity index (χ2v) is 7.87. The van der Waals surface area contributed by atoms with E-state index in [1.165, 1.54) is 18.0 Å². The Hall–Kier alpha value is -2.99. The van der Waals surface area contributed by atoms with Gasteiger partial charge in [-0.25, -0.2) is 0 Å². The van der Waals surface area contributed by atoms with Gasteiger partial charge in [0.15, 0.2) is 5.76 Å². The monoisotopic (exact) mass is 394 g/mol. The zero-order valence-corrected chi connectivity index (χ0v) is 16.8. The first-order chi connectivity index (χ1) is 13.4. The molecular formula is C22H22N2O3S. The molecule has 0 bridgehead atoms. The third kappa shape index (κ3) is 4.84. The van der Waals surface area contributed by atoms with Crippen molar-refractivity contribution in [2.24, 2.45) is 0 Å². The summed E-state index contributed by atoms with van der Waals surface area (Å²) in [6.45, 7) is 5.87. The number of thioether (sulfide) groups is 1. The molecular weight excluding hydrogens is 372 g/mol. The zero-order chi connectivity index (χ0) is 20.1. The lowest BCUT2D eigenvalue weighted by Gasteiger charge is -2.15. The van der Waals surface area contributed by atoms with Crippen LogP contribution in [0.3, 0.4) is 0 Å². The van der Waals surface area contributed by atoms with Crippen LogP contribution in [0.15, 0.2) is 70.2 Å². The van der Waals surface area contributed by atoms with Crippen LogP contribution in [-0.2, 0) is 4.79 Å². The number of benzene rings is 2. The number of aryl methyl sites for hydroxylation is 1. The quantitative estimate of drug-likeness (QED) is 0.559. The summed E-state index contributed by atoms with van der Waals surface area (Å²) < 4.78 is 5.10. The van der Waals surface area contributed by atoms with Crippen molar-refractivity contribution >= 4 is 35.0 Å². The van der Waals surface area contributed by atoms with Crippen LogP contribution in [0.5, 0.6) is 0 Å². The average Bonchev–Trinajstić information content (AvgIpc) is 3.20. The Morgan fingerprint density at radius 3 is 2.54 bits per heavy atom. The van der Waals surface area contributed by atoms with E-state index in [2.05, 4.69) is 10.6 Å². The Morgan fingerprint density at radius 1 is 1.00 bits per heavy atom. The molecule has 0 fully saturated rings. The van der Waals surface area contributed by atoms with E-state index >= 15 is 0 Å². The van der Waals surface area contributed by atoms with Gasteiger partial charge in [0.2, 0.25) is 5.91 Å². The highest BCUT2D eigenvalue weighted by Gasteiger charge is 2.16. The zero-order valence-electron chi connectivity index (χ0n) is 16.0. The second kappa shape index (κ2) is 8.80. The van der Waals surface area contributed by atoms with Crippen LogP contribution in [0.1, 0.15) is 28.6 Å². The summed E-state index contributed by atoms with van der Waals surface area (Å²) in [6, 6.07) is 16.5. The second-order valence-electron chi connectivity index (χ2n) is 6.46. The van der Waals surface area contributed by atoms with Crippen LogP contribution in [0.2, 0.25) is 0 Å². The average molecular weight is 394 g/mol. The fourth-order valence-corrected chi connectivity index (χ4v) is 3.55. The molecule has 1 heterocycles. The van der Waals surface area contributed by atoms with Gasteiger partial charge in [-0.15, -0.1) is 11.8 Å². The van der Waals surface area contributed by atoms with Gasteiger partial charge in [0.1, 0.15) is 0 Å². The Labute approximate surface area is 168 Å². The molecule has 3 aromatic rings. The van der Waals surface area contributed by atoms with Gasteiger partial charge in [-0.1, -0.05) is 18.2 Å². The lowest BCUT2D eigenvalue weighted by atomic mass is 10.1. The predicted molar refractivity (Wildman–Crippen MR) is 113 cm³/mol. The van der Waals surface area contributed by atoms with E-state index in [0.717, 1.165) is 21.7 Å². The van der Waals surface area contributed by atoms with Gasteiger partial charge in [-0.05, 0) is 68.3 Å². The van der Waals surface area contributed by atoms with Crippen molar-refractivity contribution in [1.82, 2.24) is 0 Å². The normalized spacial score (nSPS) is 11.7. The summed E-state index contributed by atoms with van der Waals surface area (Å²) in [4.78, 5) is 25.6. The highest BCUT2D eigenvalue weighted by molar-refractivity contribution is 8.00. The summed E-state index contributed by atoms with van der Waals surface area (Å²) >= 11 is 1.43. The summed E-state index contributed by atoms with van der Waals surface area (Å²) in [7, 11) is 0. The van der Waals surface area contributed by atoms with E-state index in [1.807, 2.05) is 57.2 Å². The summed E-state index contributed by atoms with van der Waals surface area (Å²) in [6.07, 6.45) is 1.46. The molecule has 28 heavy (non-hydrogen) atoms. The van der Waals surface area contributed by atoms with Gasteiger partial charge in [0.25, 0.3) is 5.91 Å². The maximum atomic E-state index is 12.6. The Kier molecular flexibility index (Phi) is 6.21. The highest BCUT2D eigenvalue weighted by Crippen LogP contribution is 2.27. The maximum absolute atomic E-state index is 12.6. The minimum Gasteiger partial charge on any atom is -0.459 e. The van der Waals surface area contributed by atoms with E-state index in [-0.39, 0.29) is 22.8 Å². The first kappa shape index (κ1) is 19.8. The SMILES string of the molecule is Cc1cccc(NC(=O)C(C)Sc2cccc(NC(=O)c3ccco3)c2)c1C. The van der Waals surface area contributed by atoms with Gasteiger partial charge < -0.3 is 15.1 Å². The molecule has 1 atom stereocenters. The summed E-state index contributed by atoms with van der Waals surface area (Å²) in [5, 5.41) is 5.49. The number of rotatable bonds is 6. The topological polar surface area (TPSA) is 71.3 Å². The maximum Gasteiger partial charge on any atom is 0.291 e. The molecule has 3 rings (SSSR count). The van der Waals surface area contributed by atoms with E-state index in [1.54, 1.807) is 18.2 Å². The number of furan rings is 1. The molecule has 0 aliphatic carbocycles. The molecule has 0 saturated carbocycles. The van der Waals surface area contributed by atoms with Crippen LogP contribution < -0.4 is 10.6 Å². The first-order valence-electron chi connectivity index (χ1n) is 8.92. The molecule has 0 aliphatic rings. The molecule has 2 aromatic carbocycles. The van der Waals surface area contributed by atoms with Gasteiger partial charge >= 0.3 is 0 Å². The van der Waals surface area contributed by atoms with Gasteiger partial charge in [-0.3, -0.25) is 9.59 Å². The van der Waals surface area contributed by atoms with Crippen LogP contribution in [-0.4, -0.2) is 17.1 Å². The minimum absolute atomic E-state index is 0.0660. The lowest BCUT2D eigenvalue weighted by molar-refractivity contribution is -0.115. The molecule has 6 heteroatoms. The molecule has 2 N–H and O–H groups in total. The van der Waals surface area contributed by atoms with E-state index in [0.29, 0.717) is 5.69 Å². The number of hydrogen-bond donors (Lipinski definition) is 2. The third-order valence-corrected chi connectivity index (χ3v) is 5.48. The molecule has 2 amide bonds. The summed E-state index contributed by atoms with van der Waals surface area (Å²) in [5.74, 6) is -0.129. The molecule has 144 valence electrons. The molecule has 0 radical (unpaired) electrons. The van der Waals surface area contributed by atoms with Crippen LogP contribution in [0, 0.1) is 13.8 Å². The van der Waals surface area contributed by atoms with Crippen LogP contribution in [0.4, 0.5) is 11.4 Å². The standard InChI is InChI=1S/C22H22N2O3S/c1-14-7-4-10-19(15(14)2)24-21(25)16(3)28-18-9-5-8-17(13-18)23-22(26)20-11-6-12-27-20/h4-13,16H,1-3H3,(H,23,26)(H,24,25). The van der Waals surface area contributed by atoms with Crippen LogP contribution >= 0.6 is 11.8 Å². The van der Waals surface area contributed by atoms with Crippen molar-refractivity contribution in [2.75, 3.05) is 10.6 Å². The van der Waals surface area contributed by atoms with Crippen molar-refractivity contribution in [3.63, 3.8) is 0 Å². The number of carbonyl (C=O) groups is 2. The third-order valence-electron chi connectivity index (χ3n) is 4.38. The number of nitrogens with one attached hydrogen (secondary N) is 2. The fraction of sp³-hybridized carbons (Fsp3) is 0.182. The van der Waals surface area contributed by atoms with Crippen molar-refractivity contribution in [2.45, 2.75) is 30.9 Å². The Bertz CT molecular complexity index is 983. The highest BCUT2D eigenvalue weighted by atomic mass is 32.2. The Morgan fingerprint density at radius 2 is 1.79 bits per heavy atom. The predicted octanol–water partition coefficient (Wildman–Crippen LogP) is 5.27. The smallest absolute Gasteiger partial charge is 0.291 e. The van der Waals surface area contributed by atoms with Gasteiger partial charge in [-0.2, -0.15) is 0 Å². The van der Waals surface area contributed by atoms with Crippen molar-refractivity contribution in [3.05, 3.63) is 77.7 Å². The number of hydrogen-bond acceptors (Lipinski definition) is 4. The fourth-order valence-electron chi connectivity index (χ4n) is 2.63. The molecule has 0 saturated heterocycles. The molecule has 0 spiro atoms. The molecule has 5 nitrogen and oxygen atoms in total. The van der Waals surface area contributed by atoms with Crippen molar-refractivity contribution < 1.29 is 14.0 Å². The number of amides is 2. The number of carbonyl (C=O) groups excluding carboxylic acids is 2. The lowest BCUT2D eigenvalue weighted by Crippen LogP contribution is -2.23. The van der Waals surface area contributed by atoms with E-state index < -0.39 is 0 Å². The van der Waals surface area contributed by atoms with Crippen molar-refractivity contribution in [1.29, 1.82) is 0 Å². The number of anilines is 2.